The molecule has 146 valence electrons. The monoisotopic (exact) mass is 395 g/mol. The third-order valence-corrected chi connectivity index (χ3v) is 6.64. The van der Waals surface area contributed by atoms with Crippen molar-refractivity contribution in [3.8, 4) is 0 Å². The first-order chi connectivity index (χ1) is 13.7. The molecule has 5 nitrogen and oxygen atoms in total. The van der Waals surface area contributed by atoms with Crippen LogP contribution in [0.3, 0.4) is 0 Å². The van der Waals surface area contributed by atoms with E-state index >= 15 is 0 Å². The van der Waals surface area contributed by atoms with E-state index in [9.17, 15) is 9.59 Å². The highest BCUT2D eigenvalue weighted by molar-refractivity contribution is 7.14. The number of rotatable bonds is 5. The number of allylic oxidation sites excluding steroid dienone is 1. The molecule has 0 aromatic carbocycles. The van der Waals surface area contributed by atoms with Crippen LogP contribution in [0.15, 0.2) is 48.3 Å². The largest absolute Gasteiger partial charge is 0.335 e. The maximum atomic E-state index is 12.9. The average Bonchev–Trinajstić information content (AvgIpc) is 3.39. The predicted molar refractivity (Wildman–Crippen MR) is 111 cm³/mol. The Bertz CT molecular complexity index is 875. The second-order valence-electron chi connectivity index (χ2n) is 7.42. The molecule has 0 spiro atoms. The molecule has 1 aliphatic heterocycles. The van der Waals surface area contributed by atoms with Crippen molar-refractivity contribution >= 4 is 28.8 Å². The van der Waals surface area contributed by atoms with Crippen LogP contribution in [0.5, 0.6) is 0 Å². The summed E-state index contributed by atoms with van der Waals surface area (Å²) in [4.78, 5) is 33.1. The summed E-state index contributed by atoms with van der Waals surface area (Å²) in [7, 11) is 0. The van der Waals surface area contributed by atoms with E-state index < -0.39 is 0 Å². The Morgan fingerprint density at radius 1 is 1.14 bits per heavy atom. The van der Waals surface area contributed by atoms with E-state index in [1.165, 1.54) is 29.8 Å². The van der Waals surface area contributed by atoms with Gasteiger partial charge in [-0.15, -0.1) is 11.3 Å². The van der Waals surface area contributed by atoms with E-state index in [1.807, 2.05) is 17.0 Å². The highest BCUT2D eigenvalue weighted by Crippen LogP contribution is 2.37. The Labute approximate surface area is 169 Å². The fourth-order valence-corrected chi connectivity index (χ4v) is 5.05. The topological polar surface area (TPSA) is 62.3 Å². The van der Waals surface area contributed by atoms with E-state index in [4.69, 9.17) is 0 Å². The van der Waals surface area contributed by atoms with Crippen LogP contribution in [0, 0.1) is 0 Å². The number of hydrogen-bond donors (Lipinski definition) is 1. The molecule has 6 heteroatoms. The fraction of sp³-hybridized carbons (Fsp3) is 0.409. The van der Waals surface area contributed by atoms with E-state index in [2.05, 4.69) is 16.4 Å². The molecule has 0 unspecified atom stereocenters. The third-order valence-electron chi connectivity index (χ3n) is 5.45. The van der Waals surface area contributed by atoms with Crippen LogP contribution in [0.4, 0.5) is 5.69 Å². The summed E-state index contributed by atoms with van der Waals surface area (Å²) in [5.41, 5.74) is 2.03. The highest BCUT2D eigenvalue weighted by atomic mass is 32.1. The molecule has 1 N–H and O–H groups in total. The lowest BCUT2D eigenvalue weighted by Gasteiger charge is -2.25. The SMILES string of the molecule is O=C(Nc1ccncc1)c1ccc([C@H]2CCCN2C(=O)CC2=CCCCC2)s1. The molecule has 1 saturated heterocycles. The van der Waals surface area contributed by atoms with Crippen molar-refractivity contribution in [2.24, 2.45) is 0 Å². The maximum Gasteiger partial charge on any atom is 0.265 e. The zero-order chi connectivity index (χ0) is 19.3. The minimum absolute atomic E-state index is 0.101. The molecule has 3 heterocycles. The number of amides is 2. The van der Waals surface area contributed by atoms with E-state index in [0.717, 1.165) is 42.8 Å². The first kappa shape index (κ1) is 18.9. The summed E-state index contributed by atoms with van der Waals surface area (Å²) in [5, 5.41) is 2.89. The van der Waals surface area contributed by atoms with Crippen LogP contribution in [-0.4, -0.2) is 28.2 Å². The van der Waals surface area contributed by atoms with Crippen LogP contribution in [0.1, 0.15) is 65.5 Å². The molecule has 0 saturated carbocycles. The summed E-state index contributed by atoms with van der Waals surface area (Å²) in [6.07, 6.45) is 12.7. The highest BCUT2D eigenvalue weighted by Gasteiger charge is 2.31. The normalized spacial score (nSPS) is 19.4. The lowest BCUT2D eigenvalue weighted by molar-refractivity contribution is -0.131. The molecule has 2 aromatic heterocycles. The zero-order valence-electron chi connectivity index (χ0n) is 15.9. The first-order valence-corrected chi connectivity index (χ1v) is 10.8. The molecule has 1 atom stereocenters. The minimum Gasteiger partial charge on any atom is -0.335 e. The number of nitrogens with one attached hydrogen (secondary N) is 1. The molecular formula is C22H25N3O2S. The van der Waals surface area contributed by atoms with Crippen molar-refractivity contribution in [2.75, 3.05) is 11.9 Å². The smallest absolute Gasteiger partial charge is 0.265 e. The summed E-state index contributed by atoms with van der Waals surface area (Å²) in [5.74, 6) is 0.109. The number of anilines is 1. The van der Waals surface area contributed by atoms with Crippen molar-refractivity contribution in [1.29, 1.82) is 0 Å². The summed E-state index contributed by atoms with van der Waals surface area (Å²) < 4.78 is 0. The molecule has 2 aliphatic rings. The van der Waals surface area contributed by atoms with Crippen LogP contribution in [-0.2, 0) is 4.79 Å². The van der Waals surface area contributed by atoms with Gasteiger partial charge >= 0.3 is 0 Å². The van der Waals surface area contributed by atoms with Gasteiger partial charge in [-0.05, 0) is 62.8 Å². The summed E-state index contributed by atoms with van der Waals surface area (Å²) in [6, 6.07) is 7.50. The molecule has 1 aliphatic carbocycles. The van der Waals surface area contributed by atoms with E-state index in [0.29, 0.717) is 11.3 Å². The van der Waals surface area contributed by atoms with Crippen molar-refractivity contribution in [1.82, 2.24) is 9.88 Å². The van der Waals surface area contributed by atoms with Gasteiger partial charge in [0.2, 0.25) is 5.91 Å². The Morgan fingerprint density at radius 3 is 2.79 bits per heavy atom. The van der Waals surface area contributed by atoms with Gasteiger partial charge in [0.05, 0.1) is 10.9 Å². The molecule has 1 fully saturated rings. The Kier molecular flexibility index (Phi) is 5.86. The lowest BCUT2D eigenvalue weighted by atomic mass is 9.96. The third kappa shape index (κ3) is 4.33. The number of likely N-dealkylation sites (tertiary alicyclic amines) is 1. The minimum atomic E-state index is -0.120. The van der Waals surface area contributed by atoms with Crippen LogP contribution >= 0.6 is 11.3 Å². The average molecular weight is 396 g/mol. The van der Waals surface area contributed by atoms with Gasteiger partial charge in [0.1, 0.15) is 0 Å². The van der Waals surface area contributed by atoms with Gasteiger partial charge < -0.3 is 10.2 Å². The predicted octanol–water partition coefficient (Wildman–Crippen LogP) is 4.95. The first-order valence-electron chi connectivity index (χ1n) is 9.99. The molecule has 0 bridgehead atoms. The van der Waals surface area contributed by atoms with Gasteiger partial charge in [0.15, 0.2) is 0 Å². The van der Waals surface area contributed by atoms with Crippen LogP contribution in [0.2, 0.25) is 0 Å². The van der Waals surface area contributed by atoms with Gasteiger partial charge in [-0.3, -0.25) is 14.6 Å². The number of aromatic nitrogens is 1. The number of hydrogen-bond acceptors (Lipinski definition) is 4. The van der Waals surface area contributed by atoms with Crippen molar-refractivity contribution in [2.45, 2.75) is 51.0 Å². The fourth-order valence-electron chi connectivity index (χ4n) is 4.00. The quantitative estimate of drug-likeness (QED) is 0.729. The Morgan fingerprint density at radius 2 is 2.00 bits per heavy atom. The number of thiophene rings is 1. The second-order valence-corrected chi connectivity index (χ2v) is 8.54. The van der Waals surface area contributed by atoms with Gasteiger partial charge in [0.25, 0.3) is 5.91 Å². The Balaban J connectivity index is 1.42. The van der Waals surface area contributed by atoms with Gasteiger partial charge in [-0.2, -0.15) is 0 Å². The number of carbonyl (C=O) groups excluding carboxylic acids is 2. The number of pyridine rings is 1. The van der Waals surface area contributed by atoms with Crippen molar-refractivity contribution in [3.05, 3.63) is 58.1 Å². The zero-order valence-corrected chi connectivity index (χ0v) is 16.7. The molecule has 4 rings (SSSR count). The van der Waals surface area contributed by atoms with Gasteiger partial charge in [-0.1, -0.05) is 11.6 Å². The van der Waals surface area contributed by atoms with E-state index in [1.54, 1.807) is 24.5 Å². The van der Waals surface area contributed by atoms with Crippen molar-refractivity contribution < 1.29 is 9.59 Å². The maximum absolute atomic E-state index is 12.9. The number of nitrogens with zero attached hydrogens (tertiary/aromatic N) is 2. The molecular weight excluding hydrogens is 370 g/mol. The van der Waals surface area contributed by atoms with Crippen molar-refractivity contribution in [3.63, 3.8) is 0 Å². The number of carbonyl (C=O) groups is 2. The van der Waals surface area contributed by atoms with Crippen LogP contribution in [0.25, 0.3) is 0 Å². The Hall–Kier alpha value is -2.47. The van der Waals surface area contributed by atoms with Crippen LogP contribution < -0.4 is 5.32 Å². The van der Waals surface area contributed by atoms with Gasteiger partial charge in [0, 0.05) is 35.9 Å². The molecule has 2 aromatic rings. The lowest BCUT2D eigenvalue weighted by Crippen LogP contribution is -2.30. The molecule has 0 radical (unpaired) electrons. The molecule has 28 heavy (non-hydrogen) atoms. The second kappa shape index (κ2) is 8.69. The van der Waals surface area contributed by atoms with Gasteiger partial charge in [-0.25, -0.2) is 0 Å². The molecule has 2 amide bonds. The standard InChI is InChI=1S/C22H25N3O2S/c26-21(15-16-5-2-1-3-6-16)25-14-4-7-18(25)19-8-9-20(28-19)22(27)24-17-10-12-23-13-11-17/h5,8-13,18H,1-4,6-7,14-15H2,(H,23,24,27)/t18-/m1/s1. The summed E-state index contributed by atoms with van der Waals surface area (Å²) >= 11 is 1.49. The van der Waals surface area contributed by atoms with E-state index in [-0.39, 0.29) is 17.9 Å². The summed E-state index contributed by atoms with van der Waals surface area (Å²) in [6.45, 7) is 0.813.